The van der Waals surface area contributed by atoms with Crippen LogP contribution in [0.5, 0.6) is 17.2 Å². The fourth-order valence-corrected chi connectivity index (χ4v) is 4.84. The van der Waals surface area contributed by atoms with Gasteiger partial charge in [0.05, 0.1) is 45.7 Å². The molecular formula is C28H34N2O7. The minimum absolute atomic E-state index is 0.0442. The lowest BCUT2D eigenvalue weighted by Crippen LogP contribution is -2.42. The number of methoxy groups -OCH3 is 2. The molecule has 2 aromatic rings. The van der Waals surface area contributed by atoms with Crippen LogP contribution in [0.1, 0.15) is 29.7 Å². The van der Waals surface area contributed by atoms with E-state index in [0.717, 1.165) is 18.7 Å². The highest BCUT2D eigenvalue weighted by Gasteiger charge is 2.46. The summed E-state index contributed by atoms with van der Waals surface area (Å²) in [5.74, 6) is 0.123. The lowest BCUT2D eigenvalue weighted by Gasteiger charge is -2.31. The van der Waals surface area contributed by atoms with E-state index in [4.69, 9.17) is 18.9 Å². The second-order valence-corrected chi connectivity index (χ2v) is 8.97. The van der Waals surface area contributed by atoms with Crippen molar-refractivity contribution in [3.05, 3.63) is 58.7 Å². The number of carbonyl (C=O) groups excluding carboxylic acids is 2. The molecule has 2 aliphatic rings. The first-order valence-electron chi connectivity index (χ1n) is 12.4. The van der Waals surface area contributed by atoms with Gasteiger partial charge in [0.25, 0.3) is 11.7 Å². The predicted molar refractivity (Wildman–Crippen MR) is 138 cm³/mol. The molecule has 2 aromatic carbocycles. The van der Waals surface area contributed by atoms with Crippen LogP contribution in [0.4, 0.5) is 0 Å². The minimum Gasteiger partial charge on any atom is -0.507 e. The van der Waals surface area contributed by atoms with Crippen LogP contribution in [0.3, 0.4) is 0 Å². The van der Waals surface area contributed by atoms with Crippen LogP contribution in [0.2, 0.25) is 0 Å². The Morgan fingerprint density at radius 1 is 1.00 bits per heavy atom. The Balaban J connectivity index is 1.79. The summed E-state index contributed by atoms with van der Waals surface area (Å²) in [5.41, 5.74) is 1.93. The fraction of sp³-hybridized carbons (Fsp3) is 0.429. The molecule has 1 unspecified atom stereocenters. The molecule has 0 saturated carbocycles. The Morgan fingerprint density at radius 3 is 2.35 bits per heavy atom. The molecule has 0 aliphatic carbocycles. The summed E-state index contributed by atoms with van der Waals surface area (Å²) < 4.78 is 22.0. The lowest BCUT2D eigenvalue weighted by atomic mass is 9.94. The summed E-state index contributed by atoms with van der Waals surface area (Å²) in [6.45, 7) is 7.89. The third-order valence-corrected chi connectivity index (χ3v) is 6.77. The Bertz CT molecular complexity index is 1190. The van der Waals surface area contributed by atoms with Gasteiger partial charge < -0.3 is 29.0 Å². The van der Waals surface area contributed by atoms with Crippen molar-refractivity contribution in [1.82, 2.24) is 9.80 Å². The molecule has 198 valence electrons. The van der Waals surface area contributed by atoms with Crippen molar-refractivity contribution in [3.63, 3.8) is 0 Å². The van der Waals surface area contributed by atoms with E-state index in [0.29, 0.717) is 61.3 Å². The number of ether oxygens (including phenoxy) is 4. The summed E-state index contributed by atoms with van der Waals surface area (Å²) in [4.78, 5) is 30.4. The Kier molecular flexibility index (Phi) is 8.35. The highest BCUT2D eigenvalue weighted by molar-refractivity contribution is 6.46. The van der Waals surface area contributed by atoms with E-state index in [-0.39, 0.29) is 11.3 Å². The van der Waals surface area contributed by atoms with E-state index in [9.17, 15) is 14.7 Å². The van der Waals surface area contributed by atoms with Gasteiger partial charge in [-0.2, -0.15) is 0 Å². The van der Waals surface area contributed by atoms with E-state index in [2.05, 4.69) is 4.90 Å². The van der Waals surface area contributed by atoms with Crippen LogP contribution in [0, 0.1) is 6.92 Å². The van der Waals surface area contributed by atoms with Gasteiger partial charge in [-0.1, -0.05) is 6.07 Å². The van der Waals surface area contributed by atoms with Crippen LogP contribution in [-0.2, 0) is 14.3 Å². The number of aryl methyl sites for hydroxylation is 1. The van der Waals surface area contributed by atoms with E-state index in [1.54, 1.807) is 43.5 Å². The van der Waals surface area contributed by atoms with E-state index < -0.39 is 17.7 Å². The van der Waals surface area contributed by atoms with Crippen LogP contribution < -0.4 is 14.2 Å². The maximum absolute atomic E-state index is 13.4. The largest absolute Gasteiger partial charge is 0.507 e. The number of amides is 1. The van der Waals surface area contributed by atoms with Gasteiger partial charge >= 0.3 is 0 Å². The number of Topliss-reactive ketones (excluding diaryl/α,β-unsaturated/α-hetero) is 1. The lowest BCUT2D eigenvalue weighted by molar-refractivity contribution is -0.140. The first kappa shape index (κ1) is 26.5. The van der Waals surface area contributed by atoms with Crippen molar-refractivity contribution < 1.29 is 33.6 Å². The highest BCUT2D eigenvalue weighted by atomic mass is 16.5. The average Bonchev–Trinajstić information content (AvgIpc) is 3.17. The average molecular weight is 511 g/mol. The SMILES string of the molecule is CCOc1ccc(C2/C(=C(\O)c3ccc(OC)c(C)c3)C(=O)C(=O)N2CCN2CCOCC2)cc1OC. The molecule has 0 aromatic heterocycles. The van der Waals surface area contributed by atoms with Gasteiger partial charge in [-0.15, -0.1) is 0 Å². The number of hydrogen-bond acceptors (Lipinski definition) is 8. The predicted octanol–water partition coefficient (Wildman–Crippen LogP) is 3.16. The van der Waals surface area contributed by atoms with E-state index >= 15 is 0 Å². The number of carbonyl (C=O) groups is 2. The van der Waals surface area contributed by atoms with Crippen LogP contribution in [0.25, 0.3) is 5.76 Å². The Labute approximate surface area is 217 Å². The summed E-state index contributed by atoms with van der Waals surface area (Å²) in [5, 5.41) is 11.4. The molecular weight excluding hydrogens is 476 g/mol. The maximum Gasteiger partial charge on any atom is 0.295 e. The standard InChI is InChI=1S/C28H34N2O7/c1-5-37-22-9-6-19(17-23(22)35-4)25-24(26(31)20-7-8-21(34-3)18(2)16-20)27(32)28(33)30(25)11-10-29-12-14-36-15-13-29/h6-9,16-17,25,31H,5,10-15H2,1-4H3/b26-24+. The van der Waals surface area contributed by atoms with Crippen molar-refractivity contribution in [2.45, 2.75) is 19.9 Å². The van der Waals surface area contributed by atoms with Crippen molar-refractivity contribution in [3.8, 4) is 17.2 Å². The van der Waals surface area contributed by atoms with Crippen molar-refractivity contribution >= 4 is 17.4 Å². The zero-order valence-electron chi connectivity index (χ0n) is 21.8. The Hall–Kier alpha value is -3.56. The number of aliphatic hydroxyl groups is 1. The first-order valence-corrected chi connectivity index (χ1v) is 12.4. The molecule has 9 heteroatoms. The van der Waals surface area contributed by atoms with E-state index in [1.165, 1.54) is 12.0 Å². The Morgan fingerprint density at radius 2 is 1.70 bits per heavy atom. The number of benzene rings is 2. The third-order valence-electron chi connectivity index (χ3n) is 6.77. The van der Waals surface area contributed by atoms with Gasteiger partial charge in [-0.25, -0.2) is 0 Å². The number of aliphatic hydroxyl groups excluding tert-OH is 1. The smallest absolute Gasteiger partial charge is 0.295 e. The third kappa shape index (κ3) is 5.42. The zero-order chi connectivity index (χ0) is 26.5. The maximum atomic E-state index is 13.4. The fourth-order valence-electron chi connectivity index (χ4n) is 4.84. The first-order chi connectivity index (χ1) is 17.9. The molecule has 2 heterocycles. The number of morpholine rings is 1. The van der Waals surface area contributed by atoms with Gasteiger partial charge in [0.2, 0.25) is 0 Å². The van der Waals surface area contributed by atoms with Crippen molar-refractivity contribution in [2.75, 3.05) is 60.2 Å². The molecule has 2 fully saturated rings. The molecule has 1 amide bonds. The molecule has 0 bridgehead atoms. The van der Waals surface area contributed by atoms with Gasteiger partial charge in [-0.05, 0) is 55.3 Å². The molecule has 2 aliphatic heterocycles. The molecule has 4 rings (SSSR count). The monoisotopic (exact) mass is 510 g/mol. The number of rotatable bonds is 9. The molecule has 1 N–H and O–H groups in total. The van der Waals surface area contributed by atoms with Crippen LogP contribution >= 0.6 is 0 Å². The molecule has 0 spiro atoms. The number of nitrogens with zero attached hydrogens (tertiary/aromatic N) is 2. The number of hydrogen-bond donors (Lipinski definition) is 1. The van der Waals surface area contributed by atoms with Crippen LogP contribution in [-0.4, -0.2) is 86.8 Å². The topological polar surface area (TPSA) is 97.8 Å². The van der Waals surface area contributed by atoms with Crippen molar-refractivity contribution in [1.29, 1.82) is 0 Å². The molecule has 9 nitrogen and oxygen atoms in total. The van der Waals surface area contributed by atoms with Gasteiger partial charge in [0.15, 0.2) is 11.5 Å². The van der Waals surface area contributed by atoms with Gasteiger partial charge in [0.1, 0.15) is 11.5 Å². The summed E-state index contributed by atoms with van der Waals surface area (Å²) >= 11 is 0. The summed E-state index contributed by atoms with van der Waals surface area (Å²) in [6.07, 6.45) is 0. The second kappa shape index (κ2) is 11.7. The molecule has 1 atom stereocenters. The zero-order valence-corrected chi connectivity index (χ0v) is 21.8. The molecule has 37 heavy (non-hydrogen) atoms. The van der Waals surface area contributed by atoms with Crippen molar-refractivity contribution in [2.24, 2.45) is 0 Å². The number of likely N-dealkylation sites (tertiary alicyclic amines) is 1. The summed E-state index contributed by atoms with van der Waals surface area (Å²) in [6, 6.07) is 9.69. The quantitative estimate of drug-likeness (QED) is 0.312. The second-order valence-electron chi connectivity index (χ2n) is 8.97. The van der Waals surface area contributed by atoms with E-state index in [1.807, 2.05) is 13.8 Å². The van der Waals surface area contributed by atoms with Crippen LogP contribution in [0.15, 0.2) is 42.0 Å². The van der Waals surface area contributed by atoms with Gasteiger partial charge in [0, 0.05) is 31.7 Å². The molecule has 2 saturated heterocycles. The van der Waals surface area contributed by atoms with Gasteiger partial charge in [-0.3, -0.25) is 14.5 Å². The number of ketones is 1. The normalized spacial score (nSPS) is 19.8. The minimum atomic E-state index is -0.784. The summed E-state index contributed by atoms with van der Waals surface area (Å²) in [7, 11) is 3.11. The highest BCUT2D eigenvalue weighted by Crippen LogP contribution is 2.42. The molecule has 0 radical (unpaired) electrons.